The molecule has 1 aromatic rings. The third-order valence-electron chi connectivity index (χ3n) is 3.01. The van der Waals surface area contributed by atoms with Gasteiger partial charge in [-0.2, -0.15) is 5.10 Å². The van der Waals surface area contributed by atoms with Gasteiger partial charge < -0.3 is 10.8 Å². The highest BCUT2D eigenvalue weighted by Crippen LogP contribution is 2.50. The number of hydrogen-bond acceptors (Lipinski definition) is 3. The molecule has 0 aromatic carbocycles. The van der Waals surface area contributed by atoms with Gasteiger partial charge in [-0.25, -0.2) is 4.68 Å². The summed E-state index contributed by atoms with van der Waals surface area (Å²) in [6.45, 7) is 3.58. The van der Waals surface area contributed by atoms with Crippen LogP contribution in [0.5, 0.6) is 0 Å². The molecule has 0 saturated heterocycles. The van der Waals surface area contributed by atoms with E-state index in [-0.39, 0.29) is 0 Å². The van der Waals surface area contributed by atoms with Crippen molar-refractivity contribution in [3.05, 3.63) is 24.5 Å². The Morgan fingerprint density at radius 3 is 2.87 bits per heavy atom. The van der Waals surface area contributed by atoms with Crippen molar-refractivity contribution >= 4 is 12.2 Å². The lowest BCUT2D eigenvalue weighted by Crippen LogP contribution is -2.41. The summed E-state index contributed by atoms with van der Waals surface area (Å²) in [5.74, 6) is -0.959. The van der Waals surface area contributed by atoms with E-state index in [2.05, 4.69) is 11.7 Å². The molecular weight excluding hydrogens is 194 g/mol. The number of rotatable bonds is 4. The summed E-state index contributed by atoms with van der Waals surface area (Å²) in [7, 11) is 0. The molecule has 1 saturated carbocycles. The van der Waals surface area contributed by atoms with E-state index < -0.39 is 17.4 Å². The molecule has 80 valence electrons. The summed E-state index contributed by atoms with van der Waals surface area (Å²) in [5.41, 5.74) is 6.15. The van der Waals surface area contributed by atoms with E-state index in [4.69, 9.17) is 10.8 Å². The molecule has 1 atom stereocenters. The predicted octanol–water partition coefficient (Wildman–Crippen LogP) is 0.427. The Labute approximate surface area is 87.2 Å². The lowest BCUT2D eigenvalue weighted by molar-refractivity contribution is -0.139. The molecule has 5 nitrogen and oxygen atoms in total. The van der Waals surface area contributed by atoms with Crippen molar-refractivity contribution in [2.75, 3.05) is 0 Å². The predicted molar refractivity (Wildman–Crippen MR) is 55.1 cm³/mol. The van der Waals surface area contributed by atoms with Crippen LogP contribution in [-0.2, 0) is 10.2 Å². The minimum Gasteiger partial charge on any atom is -0.480 e. The molecule has 0 radical (unpaired) electrons. The van der Waals surface area contributed by atoms with Crippen LogP contribution < -0.4 is 5.73 Å². The fourth-order valence-electron chi connectivity index (χ4n) is 1.85. The van der Waals surface area contributed by atoms with Crippen molar-refractivity contribution in [2.24, 2.45) is 5.73 Å². The molecule has 0 aliphatic heterocycles. The molecule has 1 aromatic heterocycles. The highest BCUT2D eigenvalue weighted by Gasteiger charge is 2.53. The maximum atomic E-state index is 10.9. The van der Waals surface area contributed by atoms with Crippen molar-refractivity contribution in [3.8, 4) is 0 Å². The Morgan fingerprint density at radius 1 is 1.80 bits per heavy atom. The summed E-state index contributed by atoms with van der Waals surface area (Å²) < 4.78 is 1.56. The Balaban J connectivity index is 2.29. The summed E-state index contributed by atoms with van der Waals surface area (Å²) in [4.78, 5) is 10.9. The number of aliphatic carboxylic acids is 1. The second kappa shape index (κ2) is 3.20. The monoisotopic (exact) mass is 207 g/mol. The molecular formula is C10H13N3O2. The van der Waals surface area contributed by atoms with Gasteiger partial charge in [0.25, 0.3) is 0 Å². The molecule has 2 rings (SSSR count). The zero-order valence-corrected chi connectivity index (χ0v) is 8.26. The van der Waals surface area contributed by atoms with Crippen LogP contribution >= 0.6 is 0 Å². The lowest BCUT2D eigenvalue weighted by Gasteiger charge is -2.17. The number of nitrogens with zero attached hydrogens (tertiary/aromatic N) is 2. The van der Waals surface area contributed by atoms with Crippen molar-refractivity contribution in [3.63, 3.8) is 0 Å². The van der Waals surface area contributed by atoms with E-state index in [1.807, 2.05) is 0 Å². The third kappa shape index (κ3) is 1.45. The van der Waals surface area contributed by atoms with E-state index in [1.165, 1.54) is 0 Å². The van der Waals surface area contributed by atoms with Crippen LogP contribution in [0.2, 0.25) is 0 Å². The Morgan fingerprint density at radius 2 is 2.47 bits per heavy atom. The van der Waals surface area contributed by atoms with Crippen molar-refractivity contribution in [2.45, 2.75) is 24.3 Å². The summed E-state index contributed by atoms with van der Waals surface area (Å²) in [5, 5.41) is 12.9. The van der Waals surface area contributed by atoms with E-state index in [0.29, 0.717) is 0 Å². The van der Waals surface area contributed by atoms with Crippen LogP contribution in [0.25, 0.3) is 6.20 Å². The fraction of sp³-hybridized carbons (Fsp3) is 0.400. The van der Waals surface area contributed by atoms with Crippen molar-refractivity contribution in [1.29, 1.82) is 0 Å². The Hall–Kier alpha value is -1.62. The first-order chi connectivity index (χ1) is 7.10. The molecule has 0 amide bonds. The molecule has 1 fully saturated rings. The van der Waals surface area contributed by atoms with Crippen molar-refractivity contribution in [1.82, 2.24) is 9.78 Å². The minimum atomic E-state index is -0.959. The van der Waals surface area contributed by atoms with Gasteiger partial charge in [0.05, 0.1) is 6.20 Å². The van der Waals surface area contributed by atoms with Gasteiger partial charge in [0.15, 0.2) is 0 Å². The van der Waals surface area contributed by atoms with Gasteiger partial charge in [0, 0.05) is 17.8 Å². The summed E-state index contributed by atoms with van der Waals surface area (Å²) >= 11 is 0. The number of nitrogens with two attached hydrogens (primary N) is 1. The highest BCUT2D eigenvalue weighted by molar-refractivity contribution is 5.76. The van der Waals surface area contributed by atoms with E-state index in [0.717, 1.165) is 18.4 Å². The summed E-state index contributed by atoms with van der Waals surface area (Å²) in [6, 6.07) is -0.847. The van der Waals surface area contributed by atoms with Crippen molar-refractivity contribution < 1.29 is 9.90 Å². The van der Waals surface area contributed by atoms with E-state index in [1.54, 1.807) is 23.3 Å². The smallest absolute Gasteiger partial charge is 0.321 e. The Bertz CT molecular complexity index is 407. The number of aromatic nitrogens is 2. The largest absolute Gasteiger partial charge is 0.480 e. The van der Waals surface area contributed by atoms with Crippen LogP contribution in [-0.4, -0.2) is 26.9 Å². The molecule has 1 unspecified atom stereocenters. The standard InChI is InChI=1S/C10H13N3O2/c1-2-13-6-7(5-12-13)10(3-4-10)8(11)9(14)15/h2,5-6,8H,1,3-4,11H2,(H,14,15). The van der Waals surface area contributed by atoms with Gasteiger partial charge in [-0.3, -0.25) is 4.79 Å². The van der Waals surface area contributed by atoms with E-state index in [9.17, 15) is 4.79 Å². The van der Waals surface area contributed by atoms with Gasteiger partial charge in [-0.15, -0.1) is 0 Å². The van der Waals surface area contributed by atoms with Gasteiger partial charge in [-0.05, 0) is 18.4 Å². The lowest BCUT2D eigenvalue weighted by atomic mass is 9.91. The number of carboxylic acids is 1. The van der Waals surface area contributed by atoms with Gasteiger partial charge in [0.1, 0.15) is 6.04 Å². The zero-order valence-electron chi connectivity index (χ0n) is 8.26. The first-order valence-corrected chi connectivity index (χ1v) is 4.76. The van der Waals surface area contributed by atoms with Crippen LogP contribution in [0, 0.1) is 0 Å². The van der Waals surface area contributed by atoms with E-state index >= 15 is 0 Å². The maximum absolute atomic E-state index is 10.9. The number of carboxylic acid groups (broad SMARTS) is 1. The first kappa shape index (κ1) is 9.92. The fourth-order valence-corrected chi connectivity index (χ4v) is 1.85. The number of hydrogen-bond donors (Lipinski definition) is 2. The van der Waals surface area contributed by atoms with Gasteiger partial charge >= 0.3 is 5.97 Å². The van der Waals surface area contributed by atoms with Gasteiger partial charge in [-0.1, -0.05) is 6.58 Å². The average Bonchev–Trinajstić information content (AvgIpc) is 2.88. The molecule has 3 N–H and O–H groups in total. The SMILES string of the molecule is C=Cn1cc(C2(C(N)C(=O)O)CC2)cn1. The minimum absolute atomic E-state index is 0.410. The molecule has 15 heavy (non-hydrogen) atoms. The Kier molecular flexibility index (Phi) is 2.12. The molecule has 0 spiro atoms. The molecule has 1 aliphatic carbocycles. The molecule has 0 bridgehead atoms. The average molecular weight is 207 g/mol. The van der Waals surface area contributed by atoms with Crippen LogP contribution in [0.3, 0.4) is 0 Å². The second-order valence-corrected chi connectivity index (χ2v) is 3.86. The normalized spacial score (nSPS) is 19.5. The quantitative estimate of drug-likeness (QED) is 0.750. The van der Waals surface area contributed by atoms with Crippen LogP contribution in [0.15, 0.2) is 19.0 Å². The molecule has 5 heteroatoms. The second-order valence-electron chi connectivity index (χ2n) is 3.86. The van der Waals surface area contributed by atoms with Crippen LogP contribution in [0.1, 0.15) is 18.4 Å². The number of carbonyl (C=O) groups is 1. The topological polar surface area (TPSA) is 81.1 Å². The highest BCUT2D eigenvalue weighted by atomic mass is 16.4. The van der Waals surface area contributed by atoms with Gasteiger partial charge in [0.2, 0.25) is 0 Å². The van der Waals surface area contributed by atoms with Crippen LogP contribution in [0.4, 0.5) is 0 Å². The molecule has 1 aliphatic rings. The maximum Gasteiger partial charge on any atom is 0.321 e. The zero-order chi connectivity index (χ0) is 11.1. The summed E-state index contributed by atoms with van der Waals surface area (Å²) in [6.07, 6.45) is 6.62. The molecule has 1 heterocycles. The third-order valence-corrected chi connectivity index (χ3v) is 3.01. The first-order valence-electron chi connectivity index (χ1n) is 4.76.